The number of likely N-dealkylation sites (tertiary alicyclic amines) is 1. The number of piperidine rings is 1. The number of amides is 2. The number of oxazole rings is 1. The molecule has 31 heavy (non-hydrogen) atoms. The minimum atomic E-state index is -0.457. The number of aryl methyl sites for hydroxylation is 1. The first-order valence-electron chi connectivity index (χ1n) is 10.9. The van der Waals surface area contributed by atoms with Gasteiger partial charge in [0.25, 0.3) is 5.91 Å². The number of fused-ring (bicyclic) bond motifs is 2. The summed E-state index contributed by atoms with van der Waals surface area (Å²) >= 11 is 1.50. The summed E-state index contributed by atoms with van der Waals surface area (Å²) < 4.78 is 5.94. The summed E-state index contributed by atoms with van der Waals surface area (Å²) in [6.07, 6.45) is 4.64. The van der Waals surface area contributed by atoms with Crippen molar-refractivity contribution in [1.82, 2.24) is 9.88 Å². The number of thiophene rings is 1. The molecule has 8 heteroatoms. The lowest BCUT2D eigenvalue weighted by Gasteiger charge is -2.34. The van der Waals surface area contributed by atoms with Crippen LogP contribution in [-0.4, -0.2) is 40.8 Å². The second-order valence-electron chi connectivity index (χ2n) is 8.42. The molecule has 0 saturated carbocycles. The van der Waals surface area contributed by atoms with E-state index in [0.29, 0.717) is 10.6 Å². The van der Waals surface area contributed by atoms with Crippen molar-refractivity contribution < 1.29 is 14.0 Å². The number of carbonyl (C=O) groups is 2. The van der Waals surface area contributed by atoms with Gasteiger partial charge >= 0.3 is 0 Å². The van der Waals surface area contributed by atoms with E-state index in [-0.39, 0.29) is 17.9 Å². The topological polar surface area (TPSA) is 101 Å². The molecule has 3 heterocycles. The second kappa shape index (κ2) is 8.09. The van der Waals surface area contributed by atoms with Crippen molar-refractivity contribution in [2.24, 2.45) is 5.73 Å². The molecule has 1 atom stereocenters. The van der Waals surface area contributed by atoms with Gasteiger partial charge in [-0.3, -0.25) is 14.5 Å². The van der Waals surface area contributed by atoms with Gasteiger partial charge in [0.15, 0.2) is 11.5 Å². The van der Waals surface area contributed by atoms with Gasteiger partial charge in [-0.1, -0.05) is 12.1 Å². The van der Waals surface area contributed by atoms with Crippen LogP contribution in [-0.2, 0) is 17.6 Å². The number of nitrogens with zero attached hydrogens (tertiary/aromatic N) is 2. The number of nitrogens with one attached hydrogen (secondary N) is 1. The highest BCUT2D eigenvalue weighted by Crippen LogP contribution is 2.39. The van der Waals surface area contributed by atoms with E-state index in [9.17, 15) is 9.59 Å². The number of nitrogens with two attached hydrogens (primary N) is 1. The van der Waals surface area contributed by atoms with Crippen LogP contribution in [0.2, 0.25) is 0 Å². The Kier molecular flexibility index (Phi) is 5.27. The number of anilines is 1. The van der Waals surface area contributed by atoms with Crippen LogP contribution >= 0.6 is 11.3 Å². The zero-order valence-corrected chi connectivity index (χ0v) is 18.3. The molecule has 0 radical (unpaired) electrons. The van der Waals surface area contributed by atoms with Crippen LogP contribution in [0.4, 0.5) is 5.00 Å². The highest BCUT2D eigenvalue weighted by Gasteiger charge is 2.31. The molecule has 5 rings (SSSR count). The first kappa shape index (κ1) is 20.2. The van der Waals surface area contributed by atoms with Crippen LogP contribution in [0, 0.1) is 0 Å². The third-order valence-electron chi connectivity index (χ3n) is 6.52. The van der Waals surface area contributed by atoms with E-state index in [2.05, 4.69) is 15.2 Å². The molecule has 3 N–H and O–H groups in total. The molecule has 1 unspecified atom stereocenters. The van der Waals surface area contributed by atoms with Gasteiger partial charge in [-0.25, -0.2) is 4.98 Å². The van der Waals surface area contributed by atoms with Gasteiger partial charge in [0.2, 0.25) is 5.91 Å². The van der Waals surface area contributed by atoms with Crippen LogP contribution in [0.5, 0.6) is 0 Å². The summed E-state index contributed by atoms with van der Waals surface area (Å²) in [6.45, 7) is 3.50. The third-order valence-corrected chi connectivity index (χ3v) is 7.73. The lowest BCUT2D eigenvalue weighted by Crippen LogP contribution is -2.45. The molecule has 1 saturated heterocycles. The predicted molar refractivity (Wildman–Crippen MR) is 121 cm³/mol. The smallest absolute Gasteiger partial charge is 0.251 e. The van der Waals surface area contributed by atoms with Crippen LogP contribution in [0.25, 0.3) is 11.1 Å². The standard InChI is InChI=1S/C23H26N4O3S/c1-13(21(29)26-23-19(20(24)28)15-5-4-8-18(15)31-23)27-11-9-14(10-12-27)22-25-16-6-2-3-7-17(16)30-22/h2-3,6-7,13-14H,4-5,8-12H2,1H3,(H2,24,28)(H,26,29). The van der Waals surface area contributed by atoms with Gasteiger partial charge in [0.1, 0.15) is 10.5 Å². The van der Waals surface area contributed by atoms with Crippen LogP contribution in [0.3, 0.4) is 0 Å². The molecule has 1 aliphatic carbocycles. The van der Waals surface area contributed by atoms with Crippen molar-refractivity contribution >= 4 is 39.3 Å². The Balaban J connectivity index is 1.23. The fraction of sp³-hybridized carbons (Fsp3) is 0.435. The van der Waals surface area contributed by atoms with Crippen LogP contribution in [0.15, 0.2) is 28.7 Å². The largest absolute Gasteiger partial charge is 0.440 e. The minimum Gasteiger partial charge on any atom is -0.440 e. The number of aromatic nitrogens is 1. The Morgan fingerprint density at radius 3 is 2.77 bits per heavy atom. The highest BCUT2D eigenvalue weighted by atomic mass is 32.1. The number of para-hydroxylation sites is 2. The third kappa shape index (κ3) is 3.74. The lowest BCUT2D eigenvalue weighted by molar-refractivity contribution is -0.121. The molecule has 2 aliphatic rings. The van der Waals surface area contributed by atoms with E-state index in [1.165, 1.54) is 16.2 Å². The maximum Gasteiger partial charge on any atom is 0.251 e. The molecule has 2 aromatic heterocycles. The maximum absolute atomic E-state index is 13.0. The molecule has 1 aromatic carbocycles. The fourth-order valence-electron chi connectivity index (χ4n) is 4.73. The molecule has 0 bridgehead atoms. The van der Waals surface area contributed by atoms with Crippen molar-refractivity contribution in [2.75, 3.05) is 18.4 Å². The number of hydrogen-bond donors (Lipinski definition) is 2. The van der Waals surface area contributed by atoms with Crippen molar-refractivity contribution in [3.8, 4) is 0 Å². The average molecular weight is 439 g/mol. The zero-order chi connectivity index (χ0) is 21.5. The van der Waals surface area contributed by atoms with E-state index in [4.69, 9.17) is 10.2 Å². The van der Waals surface area contributed by atoms with Gasteiger partial charge in [-0.2, -0.15) is 0 Å². The Labute approximate surface area is 184 Å². The molecule has 2 amide bonds. The Bertz CT molecular complexity index is 1110. The van der Waals surface area contributed by atoms with Crippen molar-refractivity contribution in [2.45, 2.75) is 51.0 Å². The van der Waals surface area contributed by atoms with E-state index in [1.807, 2.05) is 31.2 Å². The molecular weight excluding hydrogens is 412 g/mol. The normalized spacial score (nSPS) is 18.2. The summed E-state index contributed by atoms with van der Waals surface area (Å²) in [7, 11) is 0. The minimum absolute atomic E-state index is 0.0947. The van der Waals surface area contributed by atoms with Crippen molar-refractivity contribution in [3.05, 3.63) is 46.2 Å². The molecule has 1 fully saturated rings. The van der Waals surface area contributed by atoms with Gasteiger partial charge in [-0.05, 0) is 69.8 Å². The van der Waals surface area contributed by atoms with Gasteiger partial charge in [-0.15, -0.1) is 11.3 Å². The number of benzene rings is 1. The summed E-state index contributed by atoms with van der Waals surface area (Å²) in [6, 6.07) is 7.52. The van der Waals surface area contributed by atoms with Crippen LogP contribution < -0.4 is 11.1 Å². The van der Waals surface area contributed by atoms with Gasteiger partial charge in [0.05, 0.1) is 11.6 Å². The first-order chi connectivity index (χ1) is 15.0. The monoisotopic (exact) mass is 438 g/mol. The van der Waals surface area contributed by atoms with E-state index in [1.54, 1.807) is 0 Å². The second-order valence-corrected chi connectivity index (χ2v) is 9.53. The van der Waals surface area contributed by atoms with E-state index >= 15 is 0 Å². The molecule has 1 aliphatic heterocycles. The highest BCUT2D eigenvalue weighted by molar-refractivity contribution is 7.17. The molecule has 3 aromatic rings. The number of hydrogen-bond acceptors (Lipinski definition) is 6. The number of carbonyl (C=O) groups excluding carboxylic acids is 2. The Morgan fingerprint density at radius 1 is 1.26 bits per heavy atom. The summed E-state index contributed by atoms with van der Waals surface area (Å²) in [5, 5.41) is 3.59. The molecule has 162 valence electrons. The van der Waals surface area contributed by atoms with Gasteiger partial charge in [0, 0.05) is 10.8 Å². The summed E-state index contributed by atoms with van der Waals surface area (Å²) in [5.41, 5.74) is 8.86. The quantitative estimate of drug-likeness (QED) is 0.633. The summed E-state index contributed by atoms with van der Waals surface area (Å²) in [4.78, 5) is 32.9. The SMILES string of the molecule is CC(C(=O)Nc1sc2c(c1C(N)=O)CCC2)N1CCC(c2nc3ccccc3o2)CC1. The number of rotatable bonds is 5. The summed E-state index contributed by atoms with van der Waals surface area (Å²) in [5.74, 6) is 0.502. The molecule has 7 nitrogen and oxygen atoms in total. The number of primary amides is 1. The van der Waals surface area contributed by atoms with Crippen molar-refractivity contribution in [3.63, 3.8) is 0 Å². The van der Waals surface area contributed by atoms with Crippen molar-refractivity contribution in [1.29, 1.82) is 0 Å². The Hall–Kier alpha value is -2.71. The predicted octanol–water partition coefficient (Wildman–Crippen LogP) is 3.68. The van der Waals surface area contributed by atoms with E-state index in [0.717, 1.165) is 67.7 Å². The van der Waals surface area contributed by atoms with Crippen LogP contribution in [0.1, 0.15) is 58.8 Å². The molecule has 0 spiro atoms. The maximum atomic E-state index is 13.0. The first-order valence-corrected chi connectivity index (χ1v) is 11.7. The molecular formula is C23H26N4O3S. The van der Waals surface area contributed by atoms with E-state index < -0.39 is 5.91 Å². The average Bonchev–Trinajstić information content (AvgIpc) is 3.47. The Morgan fingerprint density at radius 2 is 2.03 bits per heavy atom. The fourth-order valence-corrected chi connectivity index (χ4v) is 6.03. The lowest BCUT2D eigenvalue weighted by atomic mass is 9.95. The zero-order valence-electron chi connectivity index (χ0n) is 17.5. The van der Waals surface area contributed by atoms with Gasteiger partial charge < -0.3 is 15.5 Å².